The van der Waals surface area contributed by atoms with E-state index >= 15 is 0 Å². The molecule has 1 heterocycles. The Morgan fingerprint density at radius 2 is 1.88 bits per heavy atom. The number of rotatable bonds is 5. The summed E-state index contributed by atoms with van der Waals surface area (Å²) in [6.07, 6.45) is 8.68. The van der Waals surface area contributed by atoms with Crippen molar-refractivity contribution in [3.8, 4) is 0 Å². The van der Waals surface area contributed by atoms with E-state index in [1.165, 1.54) is 43.2 Å². The van der Waals surface area contributed by atoms with Gasteiger partial charge in [0.2, 0.25) is 5.91 Å². The number of nitrogens with zero attached hydrogens (tertiary/aromatic N) is 1. The molecule has 0 atom stereocenters. The number of piperidine rings is 1. The Hall–Kier alpha value is -1.35. The first-order valence-electron chi connectivity index (χ1n) is 9.76. The minimum atomic E-state index is 0.224. The zero-order valence-corrected chi connectivity index (χ0v) is 15.1. The van der Waals surface area contributed by atoms with Crippen LogP contribution >= 0.6 is 0 Å². The number of aryl methyl sites for hydroxylation is 1. The van der Waals surface area contributed by atoms with E-state index in [2.05, 4.69) is 41.4 Å². The number of amides is 1. The molecule has 0 spiro atoms. The SMILES string of the molecule is Cc1cccc(CN2CCC(C(=O)NCC3CCCCC3)CC2)c1. The van der Waals surface area contributed by atoms with Crippen molar-refractivity contribution in [1.82, 2.24) is 10.2 Å². The summed E-state index contributed by atoms with van der Waals surface area (Å²) in [6, 6.07) is 8.75. The van der Waals surface area contributed by atoms with Crippen molar-refractivity contribution in [2.24, 2.45) is 11.8 Å². The Labute approximate surface area is 146 Å². The number of nitrogens with one attached hydrogen (secondary N) is 1. The summed E-state index contributed by atoms with van der Waals surface area (Å²) >= 11 is 0. The van der Waals surface area contributed by atoms with Crippen molar-refractivity contribution >= 4 is 5.91 Å². The van der Waals surface area contributed by atoms with Gasteiger partial charge in [0.1, 0.15) is 0 Å². The van der Waals surface area contributed by atoms with Gasteiger partial charge in [-0.3, -0.25) is 9.69 Å². The maximum Gasteiger partial charge on any atom is 0.223 e. The molecule has 0 radical (unpaired) electrons. The molecule has 1 aliphatic carbocycles. The summed E-state index contributed by atoms with van der Waals surface area (Å²) < 4.78 is 0. The van der Waals surface area contributed by atoms with Gasteiger partial charge in [-0.15, -0.1) is 0 Å². The van der Waals surface area contributed by atoms with Crippen LogP contribution in [0.3, 0.4) is 0 Å². The summed E-state index contributed by atoms with van der Waals surface area (Å²) in [4.78, 5) is 14.9. The van der Waals surface area contributed by atoms with Gasteiger partial charge < -0.3 is 5.32 Å². The molecule has 3 rings (SSSR count). The molecule has 0 bridgehead atoms. The largest absolute Gasteiger partial charge is 0.356 e. The van der Waals surface area contributed by atoms with E-state index in [9.17, 15) is 4.79 Å². The highest BCUT2D eigenvalue weighted by atomic mass is 16.1. The molecule has 0 aromatic heterocycles. The smallest absolute Gasteiger partial charge is 0.223 e. The van der Waals surface area contributed by atoms with Gasteiger partial charge in [0.05, 0.1) is 0 Å². The van der Waals surface area contributed by atoms with E-state index < -0.39 is 0 Å². The second-order valence-corrected chi connectivity index (χ2v) is 7.79. The first-order valence-corrected chi connectivity index (χ1v) is 9.76. The monoisotopic (exact) mass is 328 g/mol. The van der Waals surface area contributed by atoms with Gasteiger partial charge in [-0.05, 0) is 57.2 Å². The van der Waals surface area contributed by atoms with Crippen LogP contribution in [0.2, 0.25) is 0 Å². The number of likely N-dealkylation sites (tertiary alicyclic amines) is 1. The molecule has 0 unspecified atom stereocenters. The minimum Gasteiger partial charge on any atom is -0.356 e. The van der Waals surface area contributed by atoms with E-state index in [0.717, 1.165) is 44.9 Å². The van der Waals surface area contributed by atoms with Crippen LogP contribution in [0.1, 0.15) is 56.1 Å². The van der Waals surface area contributed by atoms with Crippen molar-refractivity contribution in [2.45, 2.75) is 58.4 Å². The lowest BCUT2D eigenvalue weighted by Crippen LogP contribution is -2.41. The molecule has 2 fully saturated rings. The van der Waals surface area contributed by atoms with E-state index in [1.807, 2.05) is 0 Å². The number of hydrogen-bond donors (Lipinski definition) is 1. The fourth-order valence-corrected chi connectivity index (χ4v) is 4.20. The Balaban J connectivity index is 1.38. The van der Waals surface area contributed by atoms with Gasteiger partial charge in [0.15, 0.2) is 0 Å². The predicted octanol–water partition coefficient (Wildman–Crippen LogP) is 3.90. The van der Waals surface area contributed by atoms with Gasteiger partial charge in [0.25, 0.3) is 0 Å². The molecule has 1 saturated heterocycles. The second-order valence-electron chi connectivity index (χ2n) is 7.79. The molecule has 1 aromatic rings. The third kappa shape index (κ3) is 5.07. The van der Waals surface area contributed by atoms with Crippen LogP contribution < -0.4 is 5.32 Å². The van der Waals surface area contributed by atoms with Gasteiger partial charge in [0, 0.05) is 19.0 Å². The Kier molecular flexibility index (Phi) is 6.30. The lowest BCUT2D eigenvalue weighted by atomic mass is 9.89. The Morgan fingerprint density at radius 3 is 2.58 bits per heavy atom. The van der Waals surface area contributed by atoms with Crippen molar-refractivity contribution < 1.29 is 4.79 Å². The lowest BCUT2D eigenvalue weighted by Gasteiger charge is -2.32. The van der Waals surface area contributed by atoms with Gasteiger partial charge in [-0.25, -0.2) is 0 Å². The Bertz CT molecular complexity index is 528. The van der Waals surface area contributed by atoms with Crippen LogP contribution in [0.15, 0.2) is 24.3 Å². The normalized spacial score (nSPS) is 20.9. The molecular weight excluding hydrogens is 296 g/mol. The number of carbonyl (C=O) groups excluding carboxylic acids is 1. The quantitative estimate of drug-likeness (QED) is 0.889. The fourth-order valence-electron chi connectivity index (χ4n) is 4.20. The van der Waals surface area contributed by atoms with Crippen LogP contribution in [0.5, 0.6) is 0 Å². The highest BCUT2D eigenvalue weighted by Gasteiger charge is 2.25. The molecular formula is C21H32N2O. The maximum absolute atomic E-state index is 12.4. The third-order valence-electron chi connectivity index (χ3n) is 5.74. The molecule has 3 heteroatoms. The molecule has 24 heavy (non-hydrogen) atoms. The van der Waals surface area contributed by atoms with Crippen LogP contribution in [0, 0.1) is 18.8 Å². The summed E-state index contributed by atoms with van der Waals surface area (Å²) in [7, 11) is 0. The van der Waals surface area contributed by atoms with Crippen molar-refractivity contribution in [1.29, 1.82) is 0 Å². The van der Waals surface area contributed by atoms with E-state index in [-0.39, 0.29) is 5.92 Å². The molecule has 132 valence electrons. The summed E-state index contributed by atoms with van der Waals surface area (Å²) in [5.41, 5.74) is 2.71. The topological polar surface area (TPSA) is 32.3 Å². The minimum absolute atomic E-state index is 0.224. The zero-order valence-electron chi connectivity index (χ0n) is 15.1. The summed E-state index contributed by atoms with van der Waals surface area (Å²) in [5, 5.41) is 3.24. The molecule has 1 saturated carbocycles. The first kappa shape index (κ1) is 17.5. The van der Waals surface area contributed by atoms with E-state index in [1.54, 1.807) is 0 Å². The zero-order chi connectivity index (χ0) is 16.8. The molecule has 2 aliphatic rings. The van der Waals surface area contributed by atoms with Crippen molar-refractivity contribution in [3.05, 3.63) is 35.4 Å². The Morgan fingerprint density at radius 1 is 1.12 bits per heavy atom. The van der Waals surface area contributed by atoms with Gasteiger partial charge in [-0.1, -0.05) is 49.1 Å². The van der Waals surface area contributed by atoms with Crippen molar-refractivity contribution in [3.63, 3.8) is 0 Å². The number of benzene rings is 1. The van der Waals surface area contributed by atoms with Crippen LogP contribution in [-0.2, 0) is 11.3 Å². The maximum atomic E-state index is 12.4. The summed E-state index contributed by atoms with van der Waals surface area (Å²) in [6.45, 7) is 6.14. The first-order chi connectivity index (χ1) is 11.7. The fraction of sp³-hybridized carbons (Fsp3) is 0.667. The third-order valence-corrected chi connectivity index (χ3v) is 5.74. The predicted molar refractivity (Wildman–Crippen MR) is 98.8 cm³/mol. The van der Waals surface area contributed by atoms with Crippen LogP contribution in [-0.4, -0.2) is 30.4 Å². The van der Waals surface area contributed by atoms with Gasteiger partial charge >= 0.3 is 0 Å². The van der Waals surface area contributed by atoms with E-state index in [0.29, 0.717) is 5.91 Å². The van der Waals surface area contributed by atoms with Crippen molar-refractivity contribution in [2.75, 3.05) is 19.6 Å². The second kappa shape index (κ2) is 8.66. The number of hydrogen-bond acceptors (Lipinski definition) is 2. The standard InChI is InChI=1S/C21H32N2O/c1-17-6-5-9-19(14-17)16-23-12-10-20(11-13-23)21(24)22-15-18-7-3-2-4-8-18/h5-6,9,14,18,20H,2-4,7-8,10-13,15-16H2,1H3,(H,22,24). The highest BCUT2D eigenvalue weighted by Crippen LogP contribution is 2.24. The average Bonchev–Trinajstić information content (AvgIpc) is 2.61. The molecule has 1 aliphatic heterocycles. The molecule has 3 nitrogen and oxygen atoms in total. The summed E-state index contributed by atoms with van der Waals surface area (Å²) in [5.74, 6) is 1.25. The van der Waals surface area contributed by atoms with Crippen LogP contribution in [0.4, 0.5) is 0 Å². The number of carbonyl (C=O) groups is 1. The van der Waals surface area contributed by atoms with E-state index in [4.69, 9.17) is 0 Å². The average molecular weight is 329 g/mol. The highest BCUT2D eigenvalue weighted by molar-refractivity contribution is 5.78. The lowest BCUT2D eigenvalue weighted by molar-refractivity contribution is -0.126. The molecule has 1 N–H and O–H groups in total. The van der Waals surface area contributed by atoms with Crippen LogP contribution in [0.25, 0.3) is 0 Å². The molecule has 1 aromatic carbocycles. The molecule has 1 amide bonds. The van der Waals surface area contributed by atoms with Gasteiger partial charge in [-0.2, -0.15) is 0 Å².